The highest BCUT2D eigenvalue weighted by Gasteiger charge is 2.41. The number of rotatable bonds is 5. The lowest BCUT2D eigenvalue weighted by atomic mass is 9.97. The molecule has 0 spiro atoms. The van der Waals surface area contributed by atoms with Crippen LogP contribution in [0.4, 0.5) is 8.78 Å². The third-order valence-electron chi connectivity index (χ3n) is 3.76. The molecule has 2 atom stereocenters. The topological polar surface area (TPSA) is 87.4 Å². The summed E-state index contributed by atoms with van der Waals surface area (Å²) in [5.74, 6) is -0.230. The average molecular weight is 370 g/mol. The van der Waals surface area contributed by atoms with E-state index in [1.807, 2.05) is 0 Å². The zero-order chi connectivity index (χ0) is 18.8. The molecule has 136 valence electrons. The van der Waals surface area contributed by atoms with Gasteiger partial charge in [0.15, 0.2) is 0 Å². The van der Waals surface area contributed by atoms with E-state index in [9.17, 15) is 13.0 Å². The van der Waals surface area contributed by atoms with Crippen molar-refractivity contribution in [1.29, 1.82) is 0 Å². The van der Waals surface area contributed by atoms with E-state index in [2.05, 4.69) is 14.4 Å². The highest BCUT2D eigenvalue weighted by Crippen LogP contribution is 2.39. The van der Waals surface area contributed by atoms with Gasteiger partial charge in [-0.3, -0.25) is 0 Å². The summed E-state index contributed by atoms with van der Waals surface area (Å²) in [6.07, 6.45) is 0.0816. The highest BCUT2D eigenvalue weighted by atomic mass is 32.2. The fourth-order valence-corrected chi connectivity index (χ4v) is 3.07. The smallest absolute Gasteiger partial charge is 0.147 e. The molecule has 1 aromatic carbocycles. The van der Waals surface area contributed by atoms with Crippen LogP contribution in [0.25, 0.3) is 10.4 Å². The van der Waals surface area contributed by atoms with Gasteiger partial charge in [0.1, 0.15) is 34.8 Å². The van der Waals surface area contributed by atoms with Gasteiger partial charge in [0.05, 0.1) is 17.0 Å². The molecule has 6 nitrogen and oxygen atoms in total. The summed E-state index contributed by atoms with van der Waals surface area (Å²) in [5.41, 5.74) is 8.26. The fraction of sp³-hybridized carbons (Fsp3) is 0.562. The lowest BCUT2D eigenvalue weighted by Crippen LogP contribution is -2.40. The van der Waals surface area contributed by atoms with Crippen molar-refractivity contribution in [3.63, 3.8) is 0 Å². The first-order valence-corrected chi connectivity index (χ1v) is 8.78. The Morgan fingerprint density at radius 2 is 2.16 bits per heavy atom. The first kappa shape index (κ1) is 19.3. The third kappa shape index (κ3) is 4.16. The first-order chi connectivity index (χ1) is 11.6. The number of halogens is 2. The van der Waals surface area contributed by atoms with Gasteiger partial charge in [0, 0.05) is 22.5 Å². The molecule has 1 heterocycles. The second-order valence-corrected chi connectivity index (χ2v) is 8.87. The number of fused-ring (bicyclic) bond motifs is 1. The monoisotopic (exact) mass is 370 g/mol. The van der Waals surface area contributed by atoms with E-state index in [1.165, 1.54) is 12.1 Å². The van der Waals surface area contributed by atoms with Crippen LogP contribution < -0.4 is 4.74 Å². The summed E-state index contributed by atoms with van der Waals surface area (Å²) in [6.45, 7) is 5.85. The minimum absolute atomic E-state index is 0.0816. The number of nitrogens with zero attached hydrogens (tertiary/aromatic N) is 4. The lowest BCUT2D eigenvalue weighted by molar-refractivity contribution is 0.0729. The molecule has 2 rings (SSSR count). The quantitative estimate of drug-likeness (QED) is 0.339. The Labute approximate surface area is 147 Å². The van der Waals surface area contributed by atoms with Gasteiger partial charge in [-0.15, -0.1) is 0 Å². The zero-order valence-corrected chi connectivity index (χ0v) is 15.4. The molecule has 0 N–H and O–H groups in total. The minimum atomic E-state index is -1.53. The predicted molar refractivity (Wildman–Crippen MR) is 93.6 cm³/mol. The number of hydrogen-bond donors (Lipinski definition) is 0. The Morgan fingerprint density at radius 1 is 1.48 bits per heavy atom. The zero-order valence-electron chi connectivity index (χ0n) is 14.5. The van der Waals surface area contributed by atoms with Crippen molar-refractivity contribution in [1.82, 2.24) is 0 Å². The Balaban J connectivity index is 2.47. The summed E-state index contributed by atoms with van der Waals surface area (Å²) in [4.78, 5) is 2.64. The number of ether oxygens (including phenoxy) is 1. The maximum Gasteiger partial charge on any atom is 0.147 e. The van der Waals surface area contributed by atoms with Gasteiger partial charge in [-0.2, -0.15) is 4.40 Å². The Bertz CT molecular complexity index is 785. The molecule has 25 heavy (non-hydrogen) atoms. The van der Waals surface area contributed by atoms with Crippen LogP contribution in [0.1, 0.15) is 38.8 Å². The van der Waals surface area contributed by atoms with E-state index in [0.29, 0.717) is 22.6 Å². The van der Waals surface area contributed by atoms with Crippen LogP contribution in [0.15, 0.2) is 21.6 Å². The van der Waals surface area contributed by atoms with Gasteiger partial charge in [-0.05, 0) is 45.4 Å². The lowest BCUT2D eigenvalue weighted by Gasteiger charge is -2.23. The number of hydrogen-bond acceptors (Lipinski definition) is 3. The molecule has 0 saturated carbocycles. The average Bonchev–Trinajstić information content (AvgIpc) is 2.90. The minimum Gasteiger partial charge on any atom is -0.483 e. The second-order valence-electron chi connectivity index (χ2n) is 6.96. The fourth-order valence-electron chi connectivity index (χ4n) is 2.45. The van der Waals surface area contributed by atoms with Crippen LogP contribution in [-0.2, 0) is 17.4 Å². The summed E-state index contributed by atoms with van der Waals surface area (Å²) >= 11 is 0. The maximum absolute atomic E-state index is 14.0. The van der Waals surface area contributed by atoms with E-state index in [1.54, 1.807) is 27.7 Å². The van der Waals surface area contributed by atoms with Crippen LogP contribution >= 0.6 is 0 Å². The molecule has 0 aromatic heterocycles. The summed E-state index contributed by atoms with van der Waals surface area (Å²) in [7, 11) is -1.53. The van der Waals surface area contributed by atoms with Crippen LogP contribution in [-0.4, -0.2) is 33.5 Å². The standard InChI is InChI=1S/C16H20F2N4O2S/c1-10(21-25(23)15(2,3)4)13-6-12(18)5-11-7-16(8-17,9-20-22-19)24-14(11)13/h5-6H,7-9H2,1-4H3/b21-10+. The molecular formula is C16H20F2N4O2S. The number of azide groups is 1. The third-order valence-corrected chi connectivity index (χ3v) is 5.25. The summed E-state index contributed by atoms with van der Waals surface area (Å²) in [6, 6.07) is 2.49. The largest absolute Gasteiger partial charge is 0.483 e. The number of benzene rings is 1. The van der Waals surface area contributed by atoms with Crippen molar-refractivity contribution in [2.75, 3.05) is 13.2 Å². The first-order valence-electron chi connectivity index (χ1n) is 7.68. The van der Waals surface area contributed by atoms with Crippen LogP contribution in [0, 0.1) is 5.82 Å². The van der Waals surface area contributed by atoms with Crippen molar-refractivity contribution in [2.45, 2.75) is 44.5 Å². The van der Waals surface area contributed by atoms with Crippen molar-refractivity contribution in [3.05, 3.63) is 39.5 Å². The van der Waals surface area contributed by atoms with Gasteiger partial charge in [-0.1, -0.05) is 5.11 Å². The van der Waals surface area contributed by atoms with Crippen LogP contribution in [0.3, 0.4) is 0 Å². The van der Waals surface area contributed by atoms with Gasteiger partial charge in [0.2, 0.25) is 0 Å². The second kappa shape index (κ2) is 7.09. The molecule has 9 heteroatoms. The SMILES string of the molecule is C/C(=N\S(=O)C(C)(C)C)c1cc(F)cc2c1OC(CF)(CN=[N+]=[N-])C2. The predicted octanol–water partition coefficient (Wildman–Crippen LogP) is 4.05. The molecule has 0 amide bonds. The molecular weight excluding hydrogens is 350 g/mol. The van der Waals surface area contributed by atoms with Crippen LogP contribution in [0.5, 0.6) is 5.75 Å². The Kier molecular flexibility index (Phi) is 5.49. The van der Waals surface area contributed by atoms with Gasteiger partial charge in [0.25, 0.3) is 0 Å². The van der Waals surface area contributed by atoms with E-state index in [-0.39, 0.29) is 13.0 Å². The molecule has 0 radical (unpaired) electrons. The Morgan fingerprint density at radius 3 is 2.72 bits per heavy atom. The molecule has 0 saturated heterocycles. The van der Waals surface area contributed by atoms with Crippen LogP contribution in [0.2, 0.25) is 0 Å². The van der Waals surface area contributed by atoms with Crippen molar-refractivity contribution in [2.24, 2.45) is 9.51 Å². The molecule has 0 fully saturated rings. The molecule has 0 bridgehead atoms. The Hall–Kier alpha value is -1.99. The number of alkyl halides is 1. The van der Waals surface area contributed by atoms with Crippen molar-refractivity contribution < 1.29 is 17.7 Å². The van der Waals surface area contributed by atoms with Gasteiger partial charge in [-0.25, -0.2) is 13.0 Å². The molecule has 0 aliphatic carbocycles. The molecule has 1 aromatic rings. The van der Waals surface area contributed by atoms with E-state index in [4.69, 9.17) is 10.3 Å². The van der Waals surface area contributed by atoms with E-state index >= 15 is 0 Å². The summed E-state index contributed by atoms with van der Waals surface area (Å²) in [5, 5.41) is 3.40. The van der Waals surface area contributed by atoms with Gasteiger partial charge < -0.3 is 4.74 Å². The molecule has 1 aliphatic rings. The highest BCUT2D eigenvalue weighted by molar-refractivity contribution is 7.85. The van der Waals surface area contributed by atoms with E-state index in [0.717, 1.165) is 0 Å². The van der Waals surface area contributed by atoms with Gasteiger partial charge >= 0.3 is 0 Å². The van der Waals surface area contributed by atoms with E-state index < -0.39 is 33.8 Å². The normalized spacial score (nSPS) is 21.3. The molecule has 1 aliphatic heterocycles. The molecule has 2 unspecified atom stereocenters. The maximum atomic E-state index is 14.0. The van der Waals surface area contributed by atoms with Crippen molar-refractivity contribution in [3.8, 4) is 5.75 Å². The summed E-state index contributed by atoms with van der Waals surface area (Å²) < 4.78 is 49.1. The van der Waals surface area contributed by atoms with Crippen molar-refractivity contribution >= 4 is 16.7 Å².